The first-order chi connectivity index (χ1) is 10.2. The molecule has 0 aliphatic carbocycles. The number of halogens is 1. The molecule has 0 amide bonds. The lowest BCUT2D eigenvalue weighted by Gasteiger charge is -2.15. The molecule has 0 saturated carbocycles. The normalized spacial score (nSPS) is 12.1. The lowest BCUT2D eigenvalue weighted by molar-refractivity contribution is 0.305. The molecule has 0 radical (unpaired) electrons. The summed E-state index contributed by atoms with van der Waals surface area (Å²) in [5.74, 6) is 0.414. The molecule has 3 nitrogen and oxygen atoms in total. The van der Waals surface area contributed by atoms with Crippen LogP contribution >= 0.6 is 0 Å². The highest BCUT2D eigenvalue weighted by Gasteiger charge is 2.10. The van der Waals surface area contributed by atoms with Crippen molar-refractivity contribution in [2.24, 2.45) is 0 Å². The number of rotatable bonds is 7. The fourth-order valence-corrected chi connectivity index (χ4v) is 2.09. The van der Waals surface area contributed by atoms with Gasteiger partial charge in [-0.25, -0.2) is 4.39 Å². The Morgan fingerprint density at radius 2 is 1.95 bits per heavy atom. The number of phenolic OH excluding ortho intramolecular Hbond substituents is 1. The van der Waals surface area contributed by atoms with Gasteiger partial charge in [0.1, 0.15) is 17.3 Å². The van der Waals surface area contributed by atoms with E-state index in [0.29, 0.717) is 12.2 Å². The van der Waals surface area contributed by atoms with Gasteiger partial charge in [0.25, 0.3) is 0 Å². The molecule has 1 atom stereocenters. The molecule has 0 aliphatic heterocycles. The molecule has 0 fully saturated rings. The van der Waals surface area contributed by atoms with Gasteiger partial charge in [0.05, 0.1) is 6.61 Å². The highest BCUT2D eigenvalue weighted by Crippen LogP contribution is 2.24. The largest absolute Gasteiger partial charge is 0.508 e. The van der Waals surface area contributed by atoms with Crippen LogP contribution in [0, 0.1) is 5.82 Å². The second-order valence-corrected chi connectivity index (χ2v) is 4.89. The van der Waals surface area contributed by atoms with Gasteiger partial charge in [0, 0.05) is 17.7 Å². The number of phenols is 1. The summed E-state index contributed by atoms with van der Waals surface area (Å²) in [5.41, 5.74) is 0.695. The van der Waals surface area contributed by atoms with E-state index in [1.807, 2.05) is 37.3 Å². The third-order valence-electron chi connectivity index (χ3n) is 3.24. The van der Waals surface area contributed by atoms with Gasteiger partial charge < -0.3 is 15.2 Å². The van der Waals surface area contributed by atoms with Crippen LogP contribution in [0.3, 0.4) is 0 Å². The maximum absolute atomic E-state index is 12.9. The van der Waals surface area contributed by atoms with E-state index in [1.54, 1.807) is 6.07 Å². The van der Waals surface area contributed by atoms with Crippen LogP contribution < -0.4 is 10.1 Å². The van der Waals surface area contributed by atoms with Crippen LogP contribution in [0.2, 0.25) is 0 Å². The van der Waals surface area contributed by atoms with Crippen LogP contribution in [0.25, 0.3) is 0 Å². The number of para-hydroxylation sites is 1. The van der Waals surface area contributed by atoms with Crippen molar-refractivity contribution < 1.29 is 14.2 Å². The predicted molar refractivity (Wildman–Crippen MR) is 81.0 cm³/mol. The predicted octanol–water partition coefficient (Wildman–Crippen LogP) is 3.65. The number of hydrogen-bond donors (Lipinski definition) is 2. The highest BCUT2D eigenvalue weighted by molar-refractivity contribution is 5.34. The molecule has 2 aromatic carbocycles. The zero-order chi connectivity index (χ0) is 15.1. The number of nitrogens with one attached hydrogen (secondary N) is 1. The SMILES string of the molecule is CC(NCCCOc1ccccc1)c1ccc(F)cc1O. The van der Waals surface area contributed by atoms with Gasteiger partial charge in [0.15, 0.2) is 0 Å². The first-order valence-corrected chi connectivity index (χ1v) is 7.06. The van der Waals surface area contributed by atoms with Crippen LogP contribution in [0.4, 0.5) is 4.39 Å². The number of benzene rings is 2. The molecule has 0 aliphatic rings. The summed E-state index contributed by atoms with van der Waals surface area (Å²) < 4.78 is 18.5. The van der Waals surface area contributed by atoms with Gasteiger partial charge in [-0.2, -0.15) is 0 Å². The summed E-state index contributed by atoms with van der Waals surface area (Å²) >= 11 is 0. The maximum Gasteiger partial charge on any atom is 0.126 e. The van der Waals surface area contributed by atoms with E-state index in [9.17, 15) is 9.50 Å². The van der Waals surface area contributed by atoms with E-state index < -0.39 is 5.82 Å². The molecule has 112 valence electrons. The average molecular weight is 289 g/mol. The quantitative estimate of drug-likeness (QED) is 0.764. The van der Waals surface area contributed by atoms with E-state index in [2.05, 4.69) is 5.32 Å². The zero-order valence-corrected chi connectivity index (χ0v) is 12.1. The molecule has 0 heterocycles. The van der Waals surface area contributed by atoms with Gasteiger partial charge in [-0.15, -0.1) is 0 Å². The summed E-state index contributed by atoms with van der Waals surface area (Å²) in [5, 5.41) is 13.0. The molecule has 0 bridgehead atoms. The van der Waals surface area contributed by atoms with Crippen LogP contribution in [0.5, 0.6) is 11.5 Å². The second-order valence-electron chi connectivity index (χ2n) is 4.89. The molecule has 21 heavy (non-hydrogen) atoms. The Morgan fingerprint density at radius 1 is 1.19 bits per heavy atom. The first-order valence-electron chi connectivity index (χ1n) is 7.06. The minimum absolute atomic E-state index is 0.0180. The molecule has 0 spiro atoms. The van der Waals surface area contributed by atoms with Crippen molar-refractivity contribution in [3.05, 3.63) is 59.9 Å². The molecule has 1 unspecified atom stereocenters. The minimum Gasteiger partial charge on any atom is -0.508 e. The van der Waals surface area contributed by atoms with E-state index in [4.69, 9.17) is 4.74 Å². The minimum atomic E-state index is -0.431. The molecular weight excluding hydrogens is 269 g/mol. The topological polar surface area (TPSA) is 41.5 Å². The van der Waals surface area contributed by atoms with Gasteiger partial charge in [-0.05, 0) is 38.1 Å². The van der Waals surface area contributed by atoms with Crippen molar-refractivity contribution in [2.75, 3.05) is 13.2 Å². The van der Waals surface area contributed by atoms with Gasteiger partial charge in [-0.1, -0.05) is 24.3 Å². The van der Waals surface area contributed by atoms with E-state index >= 15 is 0 Å². The smallest absolute Gasteiger partial charge is 0.126 e. The average Bonchev–Trinajstić information content (AvgIpc) is 2.47. The Balaban J connectivity index is 1.71. The zero-order valence-electron chi connectivity index (χ0n) is 12.1. The fourth-order valence-electron chi connectivity index (χ4n) is 2.09. The van der Waals surface area contributed by atoms with Crippen molar-refractivity contribution in [3.63, 3.8) is 0 Å². The highest BCUT2D eigenvalue weighted by atomic mass is 19.1. The second kappa shape index (κ2) is 7.64. The van der Waals surface area contributed by atoms with Crippen molar-refractivity contribution in [1.29, 1.82) is 0 Å². The summed E-state index contributed by atoms with van der Waals surface area (Å²) in [4.78, 5) is 0. The van der Waals surface area contributed by atoms with E-state index in [-0.39, 0.29) is 11.8 Å². The number of ether oxygens (including phenoxy) is 1. The van der Waals surface area contributed by atoms with Gasteiger partial charge >= 0.3 is 0 Å². The van der Waals surface area contributed by atoms with E-state index in [0.717, 1.165) is 24.8 Å². The van der Waals surface area contributed by atoms with E-state index in [1.165, 1.54) is 6.07 Å². The van der Waals surface area contributed by atoms with Crippen molar-refractivity contribution in [1.82, 2.24) is 5.32 Å². The Bertz CT molecular complexity index is 560. The summed E-state index contributed by atoms with van der Waals surface area (Å²) in [6.45, 7) is 3.31. The van der Waals surface area contributed by atoms with Crippen molar-refractivity contribution in [2.45, 2.75) is 19.4 Å². The summed E-state index contributed by atoms with van der Waals surface area (Å²) in [6, 6.07) is 13.7. The summed E-state index contributed by atoms with van der Waals surface area (Å²) in [6.07, 6.45) is 0.848. The Labute approximate surface area is 124 Å². The third-order valence-corrected chi connectivity index (χ3v) is 3.24. The fraction of sp³-hybridized carbons (Fsp3) is 0.294. The van der Waals surface area contributed by atoms with Crippen molar-refractivity contribution >= 4 is 0 Å². The van der Waals surface area contributed by atoms with Crippen LogP contribution in [0.15, 0.2) is 48.5 Å². The van der Waals surface area contributed by atoms with Crippen LogP contribution in [-0.4, -0.2) is 18.3 Å². The van der Waals surface area contributed by atoms with Crippen LogP contribution in [-0.2, 0) is 0 Å². The summed E-state index contributed by atoms with van der Waals surface area (Å²) in [7, 11) is 0. The molecule has 4 heteroatoms. The third kappa shape index (κ3) is 4.76. The molecular formula is C17H20FNO2. The lowest BCUT2D eigenvalue weighted by Crippen LogP contribution is -2.21. The maximum atomic E-state index is 12.9. The van der Waals surface area contributed by atoms with Crippen molar-refractivity contribution in [3.8, 4) is 11.5 Å². The molecule has 0 saturated heterocycles. The Morgan fingerprint density at radius 3 is 2.67 bits per heavy atom. The number of aromatic hydroxyl groups is 1. The monoisotopic (exact) mass is 289 g/mol. The molecule has 2 rings (SSSR count). The molecule has 2 aromatic rings. The van der Waals surface area contributed by atoms with Gasteiger partial charge in [-0.3, -0.25) is 0 Å². The first kappa shape index (κ1) is 15.3. The lowest BCUT2D eigenvalue weighted by atomic mass is 10.1. The molecule has 2 N–H and O–H groups in total. The Kier molecular flexibility index (Phi) is 5.58. The van der Waals surface area contributed by atoms with Gasteiger partial charge in [0.2, 0.25) is 0 Å². The van der Waals surface area contributed by atoms with Crippen LogP contribution in [0.1, 0.15) is 24.9 Å². The number of hydrogen-bond acceptors (Lipinski definition) is 3. The molecule has 0 aromatic heterocycles. The Hall–Kier alpha value is -2.07. The standard InChI is InChI=1S/C17H20FNO2/c1-13(16-9-8-14(18)12-17(16)20)19-10-5-11-21-15-6-3-2-4-7-15/h2-4,6-9,12-13,19-20H,5,10-11H2,1H3.